The van der Waals surface area contributed by atoms with Gasteiger partial charge in [-0.15, -0.1) is 0 Å². The minimum absolute atomic E-state index is 0.138. The molecule has 0 aliphatic carbocycles. The molecule has 2 amide bonds. The van der Waals surface area contributed by atoms with Gasteiger partial charge in [0.2, 0.25) is 15.9 Å². The van der Waals surface area contributed by atoms with Crippen LogP contribution in [0.5, 0.6) is 0 Å². The molecule has 0 spiro atoms. The summed E-state index contributed by atoms with van der Waals surface area (Å²) in [6, 6.07) is 11.9. The van der Waals surface area contributed by atoms with Gasteiger partial charge in [0.05, 0.1) is 23.2 Å². The normalized spacial score (nSPS) is 15.3. The molecule has 1 saturated heterocycles. The van der Waals surface area contributed by atoms with E-state index >= 15 is 0 Å². The molecule has 3 rings (SSSR count). The number of nitrogens with zero attached hydrogens (tertiary/aromatic N) is 2. The Hall–Kier alpha value is -2.58. The molecule has 1 atom stereocenters. The molecule has 9 heteroatoms. The number of carbonyl (C=O) groups is 2. The van der Waals surface area contributed by atoms with E-state index in [0.29, 0.717) is 35.1 Å². The van der Waals surface area contributed by atoms with E-state index in [4.69, 9.17) is 11.6 Å². The summed E-state index contributed by atoms with van der Waals surface area (Å²) in [6.07, 6.45) is 4.06. The predicted molar refractivity (Wildman–Crippen MR) is 123 cm³/mol. The molecule has 1 fully saturated rings. The molecular weight excluding hydrogens is 438 g/mol. The van der Waals surface area contributed by atoms with Crippen LogP contribution in [-0.2, 0) is 14.8 Å². The summed E-state index contributed by atoms with van der Waals surface area (Å²) in [5.41, 5.74) is 1.08. The van der Waals surface area contributed by atoms with Crippen molar-refractivity contribution < 1.29 is 18.0 Å². The predicted octanol–water partition coefficient (Wildman–Crippen LogP) is 3.76. The van der Waals surface area contributed by atoms with E-state index < -0.39 is 22.0 Å². The molecule has 0 bridgehead atoms. The van der Waals surface area contributed by atoms with Gasteiger partial charge < -0.3 is 10.2 Å². The number of amides is 2. The van der Waals surface area contributed by atoms with Gasteiger partial charge in [-0.2, -0.15) is 0 Å². The Kier molecular flexibility index (Phi) is 7.23. The number of rotatable bonds is 6. The van der Waals surface area contributed by atoms with Crippen LogP contribution in [0.1, 0.15) is 36.5 Å². The topological polar surface area (TPSA) is 86.8 Å². The van der Waals surface area contributed by atoms with Gasteiger partial charge in [-0.25, -0.2) is 8.42 Å². The minimum Gasteiger partial charge on any atom is -0.339 e. The summed E-state index contributed by atoms with van der Waals surface area (Å²) < 4.78 is 25.9. The van der Waals surface area contributed by atoms with Gasteiger partial charge in [0.25, 0.3) is 5.91 Å². The first-order valence-corrected chi connectivity index (χ1v) is 12.4. The van der Waals surface area contributed by atoms with Crippen molar-refractivity contribution >= 4 is 44.8 Å². The SMILES string of the molecule is C[C@@H](C(=O)Nc1ccccc1C(=O)N1CCCCC1)N(c1ccc(Cl)cc1)S(C)(=O)=O. The number of halogens is 1. The molecule has 2 aromatic rings. The Balaban J connectivity index is 1.84. The van der Waals surface area contributed by atoms with Crippen LogP contribution >= 0.6 is 11.6 Å². The monoisotopic (exact) mass is 463 g/mol. The van der Waals surface area contributed by atoms with Gasteiger partial charge in [0, 0.05) is 18.1 Å². The van der Waals surface area contributed by atoms with Crippen molar-refractivity contribution in [3.05, 3.63) is 59.1 Å². The van der Waals surface area contributed by atoms with E-state index in [9.17, 15) is 18.0 Å². The first kappa shape index (κ1) is 23.1. The van der Waals surface area contributed by atoms with Gasteiger partial charge >= 0.3 is 0 Å². The molecule has 1 aliphatic rings. The summed E-state index contributed by atoms with van der Waals surface area (Å²) in [5, 5.41) is 3.20. The summed E-state index contributed by atoms with van der Waals surface area (Å²) in [7, 11) is -3.76. The second-order valence-corrected chi connectivity index (χ2v) is 9.89. The minimum atomic E-state index is -3.76. The van der Waals surface area contributed by atoms with Crippen molar-refractivity contribution in [1.82, 2.24) is 4.90 Å². The fourth-order valence-corrected chi connectivity index (χ4v) is 4.98. The second-order valence-electron chi connectivity index (χ2n) is 7.60. The molecule has 1 aliphatic heterocycles. The van der Waals surface area contributed by atoms with Crippen LogP contribution in [0.25, 0.3) is 0 Å². The highest BCUT2D eigenvalue weighted by Crippen LogP contribution is 2.25. The van der Waals surface area contributed by atoms with Crippen LogP contribution in [0.15, 0.2) is 48.5 Å². The van der Waals surface area contributed by atoms with Crippen molar-refractivity contribution in [3.63, 3.8) is 0 Å². The number of hydrogen-bond donors (Lipinski definition) is 1. The lowest BCUT2D eigenvalue weighted by Crippen LogP contribution is -2.45. The number of piperidine rings is 1. The molecule has 1 N–H and O–H groups in total. The number of anilines is 2. The standard InChI is InChI=1S/C22H26ClN3O4S/c1-16(26(31(2,29)30)18-12-10-17(23)11-13-18)21(27)24-20-9-5-4-8-19(20)22(28)25-14-6-3-7-15-25/h4-5,8-13,16H,3,6-7,14-15H2,1-2H3,(H,24,27)/t16-/m0/s1. The van der Waals surface area contributed by atoms with Crippen LogP contribution in [0.3, 0.4) is 0 Å². The molecule has 0 saturated carbocycles. The molecule has 166 valence electrons. The van der Waals surface area contributed by atoms with E-state index in [0.717, 1.165) is 29.8 Å². The summed E-state index contributed by atoms with van der Waals surface area (Å²) in [6.45, 7) is 2.88. The average Bonchev–Trinajstić information content (AvgIpc) is 2.75. The van der Waals surface area contributed by atoms with Crippen molar-refractivity contribution in [2.45, 2.75) is 32.2 Å². The highest BCUT2D eigenvalue weighted by atomic mass is 35.5. The first-order valence-electron chi connectivity index (χ1n) is 10.1. The number of sulfonamides is 1. The molecule has 2 aromatic carbocycles. The molecular formula is C22H26ClN3O4S. The van der Waals surface area contributed by atoms with Crippen LogP contribution in [0.4, 0.5) is 11.4 Å². The van der Waals surface area contributed by atoms with Gasteiger partial charge in [-0.3, -0.25) is 13.9 Å². The Morgan fingerprint density at radius 3 is 2.26 bits per heavy atom. The number of likely N-dealkylation sites (tertiary alicyclic amines) is 1. The lowest BCUT2D eigenvalue weighted by molar-refractivity contribution is -0.116. The van der Waals surface area contributed by atoms with Crippen molar-refractivity contribution in [1.29, 1.82) is 0 Å². The summed E-state index contributed by atoms with van der Waals surface area (Å²) in [4.78, 5) is 27.8. The van der Waals surface area contributed by atoms with Crippen LogP contribution < -0.4 is 9.62 Å². The summed E-state index contributed by atoms with van der Waals surface area (Å²) in [5.74, 6) is -0.680. The van der Waals surface area contributed by atoms with Crippen molar-refractivity contribution in [2.24, 2.45) is 0 Å². The van der Waals surface area contributed by atoms with Crippen molar-refractivity contribution in [3.8, 4) is 0 Å². The quantitative estimate of drug-likeness (QED) is 0.706. The number of para-hydroxylation sites is 1. The van der Waals surface area contributed by atoms with Gasteiger partial charge in [0.15, 0.2) is 0 Å². The number of hydrogen-bond acceptors (Lipinski definition) is 4. The fraction of sp³-hybridized carbons (Fsp3) is 0.364. The molecule has 0 aromatic heterocycles. The number of carbonyl (C=O) groups excluding carboxylic acids is 2. The summed E-state index contributed by atoms with van der Waals surface area (Å²) >= 11 is 5.91. The lowest BCUT2D eigenvalue weighted by Gasteiger charge is -2.29. The average molecular weight is 464 g/mol. The molecule has 0 radical (unpaired) electrons. The lowest BCUT2D eigenvalue weighted by atomic mass is 10.1. The largest absolute Gasteiger partial charge is 0.339 e. The molecule has 31 heavy (non-hydrogen) atoms. The van der Waals surface area contributed by atoms with E-state index in [-0.39, 0.29) is 5.91 Å². The van der Waals surface area contributed by atoms with E-state index in [1.807, 2.05) is 0 Å². The highest BCUT2D eigenvalue weighted by Gasteiger charge is 2.30. The van der Waals surface area contributed by atoms with Crippen LogP contribution in [0.2, 0.25) is 5.02 Å². The zero-order chi connectivity index (χ0) is 22.6. The zero-order valence-corrected chi connectivity index (χ0v) is 19.1. The van der Waals surface area contributed by atoms with Crippen LogP contribution in [-0.4, -0.2) is 50.5 Å². The third-order valence-corrected chi connectivity index (χ3v) is 6.72. The zero-order valence-electron chi connectivity index (χ0n) is 17.5. The van der Waals surface area contributed by atoms with E-state index in [1.165, 1.54) is 6.92 Å². The Bertz CT molecular complexity index is 1050. The molecule has 7 nitrogen and oxygen atoms in total. The molecule has 0 unspecified atom stereocenters. The third kappa shape index (κ3) is 5.57. The van der Waals surface area contributed by atoms with Gasteiger partial charge in [-0.1, -0.05) is 23.7 Å². The van der Waals surface area contributed by atoms with Crippen molar-refractivity contribution in [2.75, 3.05) is 29.0 Å². The Morgan fingerprint density at radius 1 is 1.03 bits per heavy atom. The number of benzene rings is 2. The van der Waals surface area contributed by atoms with E-state index in [1.54, 1.807) is 53.4 Å². The Morgan fingerprint density at radius 2 is 1.65 bits per heavy atom. The van der Waals surface area contributed by atoms with Crippen LogP contribution in [0, 0.1) is 0 Å². The Labute approximate surface area is 188 Å². The second kappa shape index (κ2) is 9.70. The smallest absolute Gasteiger partial charge is 0.255 e. The maximum absolute atomic E-state index is 13.0. The molecule has 1 heterocycles. The maximum atomic E-state index is 13.0. The number of nitrogens with one attached hydrogen (secondary N) is 1. The van der Waals surface area contributed by atoms with Gasteiger partial charge in [-0.05, 0) is 62.6 Å². The van der Waals surface area contributed by atoms with Gasteiger partial charge in [0.1, 0.15) is 6.04 Å². The fourth-order valence-electron chi connectivity index (χ4n) is 3.68. The van der Waals surface area contributed by atoms with E-state index in [2.05, 4.69) is 5.32 Å². The highest BCUT2D eigenvalue weighted by molar-refractivity contribution is 7.92. The maximum Gasteiger partial charge on any atom is 0.255 e. The first-order chi connectivity index (χ1) is 14.7. The third-order valence-electron chi connectivity index (χ3n) is 5.23.